The van der Waals surface area contributed by atoms with E-state index in [4.69, 9.17) is 10.8 Å². The first-order valence-corrected chi connectivity index (χ1v) is 4.95. The molecule has 1 fully saturated rings. The Bertz CT molecular complexity index is 418. The van der Waals surface area contributed by atoms with Gasteiger partial charge in [0.2, 0.25) is 5.91 Å². The van der Waals surface area contributed by atoms with Crippen molar-refractivity contribution in [3.05, 3.63) is 35.9 Å². The smallest absolute Gasteiger partial charge is 0.331 e. The van der Waals surface area contributed by atoms with E-state index in [1.165, 1.54) is 4.90 Å². The van der Waals surface area contributed by atoms with Crippen molar-refractivity contribution in [3.8, 4) is 0 Å². The van der Waals surface area contributed by atoms with Gasteiger partial charge in [-0.1, -0.05) is 30.3 Å². The van der Waals surface area contributed by atoms with Crippen LogP contribution in [0.1, 0.15) is 11.6 Å². The Balaban J connectivity index is 2.26. The van der Waals surface area contributed by atoms with Gasteiger partial charge in [-0.25, -0.2) is 4.79 Å². The number of nitrogens with two attached hydrogens (primary N) is 1. The summed E-state index contributed by atoms with van der Waals surface area (Å²) in [5, 5.41) is 9.13. The summed E-state index contributed by atoms with van der Waals surface area (Å²) in [6.45, 7) is 0.296. The van der Waals surface area contributed by atoms with Crippen LogP contribution >= 0.6 is 0 Å². The molecule has 2 unspecified atom stereocenters. The molecule has 1 aliphatic heterocycles. The van der Waals surface area contributed by atoms with Gasteiger partial charge in [-0.2, -0.15) is 0 Å². The summed E-state index contributed by atoms with van der Waals surface area (Å²) in [6, 6.07) is 7.20. The third-order valence-electron chi connectivity index (χ3n) is 2.65. The minimum atomic E-state index is -1.04. The number of hydrogen-bond acceptors (Lipinski definition) is 3. The van der Waals surface area contributed by atoms with Gasteiger partial charge in [0, 0.05) is 6.54 Å². The molecule has 1 saturated heterocycles. The number of hydrogen-bond donors (Lipinski definition) is 2. The fourth-order valence-electron chi connectivity index (χ4n) is 1.80. The second-order valence-corrected chi connectivity index (χ2v) is 3.75. The summed E-state index contributed by atoms with van der Waals surface area (Å²) in [7, 11) is 0. The van der Waals surface area contributed by atoms with Crippen molar-refractivity contribution < 1.29 is 14.7 Å². The maximum absolute atomic E-state index is 11.4. The average molecular weight is 220 g/mol. The van der Waals surface area contributed by atoms with E-state index in [1.54, 1.807) is 30.3 Å². The molecule has 0 aliphatic carbocycles. The van der Waals surface area contributed by atoms with Gasteiger partial charge in [0.05, 0.1) is 0 Å². The van der Waals surface area contributed by atoms with Crippen LogP contribution in [0.15, 0.2) is 30.3 Å². The number of carboxylic acids is 1. The van der Waals surface area contributed by atoms with Gasteiger partial charge in [-0.3, -0.25) is 4.79 Å². The number of carbonyl (C=O) groups excluding carboxylic acids is 1. The van der Waals surface area contributed by atoms with Crippen LogP contribution in [0.2, 0.25) is 0 Å². The van der Waals surface area contributed by atoms with E-state index >= 15 is 0 Å². The van der Waals surface area contributed by atoms with E-state index in [1.807, 2.05) is 0 Å². The molecule has 2 rings (SSSR count). The highest BCUT2D eigenvalue weighted by Crippen LogP contribution is 2.26. The standard InChI is InChI=1S/C11H12N2O3/c12-8-6-13(10(8)14)9(11(15)16)7-4-2-1-3-5-7/h1-5,8-9H,6,12H2,(H,15,16). The molecule has 0 aromatic heterocycles. The van der Waals surface area contributed by atoms with Gasteiger partial charge < -0.3 is 15.7 Å². The molecule has 1 heterocycles. The number of nitrogens with zero attached hydrogens (tertiary/aromatic N) is 1. The molecule has 84 valence electrons. The maximum Gasteiger partial charge on any atom is 0.331 e. The Morgan fingerprint density at radius 1 is 1.44 bits per heavy atom. The van der Waals surface area contributed by atoms with E-state index in [0.29, 0.717) is 12.1 Å². The molecular weight excluding hydrogens is 208 g/mol. The van der Waals surface area contributed by atoms with Gasteiger partial charge in [0.15, 0.2) is 6.04 Å². The number of β-lactam (4-membered cyclic amide) rings is 1. The molecule has 5 nitrogen and oxygen atoms in total. The summed E-state index contributed by atoms with van der Waals surface area (Å²) in [6.07, 6.45) is 0. The second-order valence-electron chi connectivity index (χ2n) is 3.75. The number of carbonyl (C=O) groups is 2. The third kappa shape index (κ3) is 1.65. The Morgan fingerprint density at radius 2 is 2.06 bits per heavy atom. The maximum atomic E-state index is 11.4. The zero-order chi connectivity index (χ0) is 11.7. The number of aliphatic carboxylic acids is 1. The first-order valence-electron chi connectivity index (χ1n) is 4.95. The molecule has 1 aromatic carbocycles. The van der Waals surface area contributed by atoms with Crippen LogP contribution in [0.4, 0.5) is 0 Å². The van der Waals surface area contributed by atoms with Crippen molar-refractivity contribution >= 4 is 11.9 Å². The van der Waals surface area contributed by atoms with E-state index in [2.05, 4.69) is 0 Å². The molecule has 5 heteroatoms. The molecule has 1 aliphatic rings. The molecule has 2 atom stereocenters. The van der Waals surface area contributed by atoms with E-state index in [9.17, 15) is 9.59 Å². The van der Waals surface area contributed by atoms with Crippen LogP contribution in [-0.2, 0) is 9.59 Å². The van der Waals surface area contributed by atoms with Crippen LogP contribution in [0.25, 0.3) is 0 Å². The highest BCUT2D eigenvalue weighted by atomic mass is 16.4. The third-order valence-corrected chi connectivity index (χ3v) is 2.65. The predicted octanol–water partition coefficient (Wildman–Crippen LogP) is -0.0182. The van der Waals surface area contributed by atoms with E-state index in [0.717, 1.165) is 0 Å². The molecule has 1 aromatic rings. The molecule has 3 N–H and O–H groups in total. The number of rotatable bonds is 3. The average Bonchev–Trinajstić information content (AvgIpc) is 2.29. The lowest BCUT2D eigenvalue weighted by Gasteiger charge is -2.40. The summed E-state index contributed by atoms with van der Waals surface area (Å²) < 4.78 is 0. The number of amides is 1. The Morgan fingerprint density at radius 3 is 2.50 bits per heavy atom. The quantitative estimate of drug-likeness (QED) is 0.701. The van der Waals surface area contributed by atoms with Crippen LogP contribution in [0, 0.1) is 0 Å². The topological polar surface area (TPSA) is 83.6 Å². The fraction of sp³-hybridized carbons (Fsp3) is 0.273. The number of carboxylic acid groups (broad SMARTS) is 1. The number of likely N-dealkylation sites (tertiary alicyclic amines) is 1. The zero-order valence-corrected chi connectivity index (χ0v) is 8.54. The Hall–Kier alpha value is -1.88. The molecule has 0 radical (unpaired) electrons. The fourth-order valence-corrected chi connectivity index (χ4v) is 1.80. The molecule has 0 bridgehead atoms. The molecule has 1 amide bonds. The van der Waals surface area contributed by atoms with Crippen molar-refractivity contribution in [2.45, 2.75) is 12.1 Å². The number of benzene rings is 1. The van der Waals surface area contributed by atoms with Crippen LogP contribution in [0.5, 0.6) is 0 Å². The molecule has 0 spiro atoms. The molecule has 16 heavy (non-hydrogen) atoms. The van der Waals surface area contributed by atoms with Crippen molar-refractivity contribution in [1.29, 1.82) is 0 Å². The second kappa shape index (κ2) is 3.94. The monoisotopic (exact) mass is 220 g/mol. The highest BCUT2D eigenvalue weighted by Gasteiger charge is 2.42. The van der Waals surface area contributed by atoms with Crippen LogP contribution in [0.3, 0.4) is 0 Å². The van der Waals surface area contributed by atoms with Crippen molar-refractivity contribution in [1.82, 2.24) is 4.90 Å². The van der Waals surface area contributed by atoms with Gasteiger partial charge in [-0.15, -0.1) is 0 Å². The van der Waals surface area contributed by atoms with Gasteiger partial charge >= 0.3 is 5.97 Å². The minimum Gasteiger partial charge on any atom is -0.479 e. The van der Waals surface area contributed by atoms with Crippen molar-refractivity contribution in [3.63, 3.8) is 0 Å². The lowest BCUT2D eigenvalue weighted by Crippen LogP contribution is -2.62. The predicted molar refractivity (Wildman–Crippen MR) is 56.5 cm³/mol. The first kappa shape index (κ1) is 10.6. The summed E-state index contributed by atoms with van der Waals surface area (Å²) in [5.41, 5.74) is 6.04. The molecule has 0 saturated carbocycles. The SMILES string of the molecule is NC1CN(C(C(=O)O)c2ccccc2)C1=O. The Labute approximate surface area is 92.5 Å². The van der Waals surface area contributed by atoms with Crippen LogP contribution in [-0.4, -0.2) is 34.5 Å². The zero-order valence-electron chi connectivity index (χ0n) is 8.54. The van der Waals surface area contributed by atoms with Crippen molar-refractivity contribution in [2.24, 2.45) is 5.73 Å². The highest BCUT2D eigenvalue weighted by molar-refractivity contribution is 5.92. The van der Waals surface area contributed by atoms with Gasteiger partial charge in [-0.05, 0) is 5.56 Å². The summed E-state index contributed by atoms with van der Waals surface area (Å²) >= 11 is 0. The largest absolute Gasteiger partial charge is 0.479 e. The lowest BCUT2D eigenvalue weighted by atomic mass is 9.99. The van der Waals surface area contributed by atoms with Gasteiger partial charge in [0.1, 0.15) is 6.04 Å². The van der Waals surface area contributed by atoms with E-state index in [-0.39, 0.29) is 5.91 Å². The summed E-state index contributed by atoms with van der Waals surface area (Å²) in [5.74, 6) is -1.34. The van der Waals surface area contributed by atoms with Crippen LogP contribution < -0.4 is 5.73 Å². The van der Waals surface area contributed by atoms with Gasteiger partial charge in [0.25, 0.3) is 0 Å². The van der Waals surface area contributed by atoms with Crippen molar-refractivity contribution in [2.75, 3.05) is 6.54 Å². The lowest BCUT2D eigenvalue weighted by molar-refractivity contribution is -0.158. The summed E-state index contributed by atoms with van der Waals surface area (Å²) in [4.78, 5) is 23.9. The van der Waals surface area contributed by atoms with E-state index < -0.39 is 18.1 Å². The normalized spacial score (nSPS) is 21.4. The first-order chi connectivity index (χ1) is 7.61. The minimum absolute atomic E-state index is 0.296. The Kier molecular flexibility index (Phi) is 2.62. The molecular formula is C11H12N2O3.